The number of hydrogen-bond acceptors (Lipinski definition) is 4. The van der Waals surface area contributed by atoms with Gasteiger partial charge in [-0.25, -0.2) is 4.79 Å². The third-order valence-electron chi connectivity index (χ3n) is 4.83. The molecule has 2 aliphatic rings. The molecule has 132 valence electrons. The molecule has 1 fully saturated rings. The lowest BCUT2D eigenvalue weighted by molar-refractivity contribution is 0.0204. The summed E-state index contributed by atoms with van der Waals surface area (Å²) < 4.78 is 5.47. The molecule has 2 aliphatic heterocycles. The molecule has 1 N–H and O–H groups in total. The molecule has 1 saturated heterocycles. The van der Waals surface area contributed by atoms with Gasteiger partial charge in [-0.1, -0.05) is 13.0 Å². The Bertz CT molecular complexity index is 601. The quantitative estimate of drug-likeness (QED) is 0.857. The first-order chi connectivity index (χ1) is 11.3. The third kappa shape index (κ3) is 3.89. The zero-order valence-electron chi connectivity index (χ0n) is 15.3. The summed E-state index contributed by atoms with van der Waals surface area (Å²) in [5, 5.41) is 3.43. The highest BCUT2D eigenvalue weighted by Crippen LogP contribution is 2.30. The van der Waals surface area contributed by atoms with E-state index in [9.17, 15) is 4.79 Å². The van der Waals surface area contributed by atoms with E-state index in [4.69, 9.17) is 9.72 Å². The average Bonchev–Trinajstić information content (AvgIpc) is 2.53. The second-order valence-electron chi connectivity index (χ2n) is 8.05. The maximum absolute atomic E-state index is 12.2. The van der Waals surface area contributed by atoms with E-state index in [0.29, 0.717) is 11.8 Å². The van der Waals surface area contributed by atoms with E-state index in [1.54, 1.807) is 0 Å². The van der Waals surface area contributed by atoms with Gasteiger partial charge in [-0.15, -0.1) is 0 Å². The van der Waals surface area contributed by atoms with Crippen LogP contribution < -0.4 is 5.32 Å². The molecule has 1 unspecified atom stereocenters. The lowest BCUT2D eigenvalue weighted by atomic mass is 9.91. The number of amides is 1. The number of pyridine rings is 1. The summed E-state index contributed by atoms with van der Waals surface area (Å²) in [5.41, 5.74) is 3.33. The highest BCUT2D eigenvalue weighted by molar-refractivity contribution is 5.68. The molecule has 1 amide bonds. The molecule has 1 aromatic rings. The number of rotatable bonds is 1. The van der Waals surface area contributed by atoms with Gasteiger partial charge in [0, 0.05) is 49.4 Å². The Labute approximate surface area is 144 Å². The van der Waals surface area contributed by atoms with Crippen molar-refractivity contribution in [3.05, 3.63) is 29.1 Å². The van der Waals surface area contributed by atoms with Gasteiger partial charge in [0.2, 0.25) is 0 Å². The van der Waals surface area contributed by atoms with Crippen LogP contribution in [0.3, 0.4) is 0 Å². The Morgan fingerprint density at radius 1 is 1.29 bits per heavy atom. The van der Waals surface area contributed by atoms with Gasteiger partial charge in [0.05, 0.1) is 0 Å². The maximum atomic E-state index is 12.2. The summed E-state index contributed by atoms with van der Waals surface area (Å²) in [4.78, 5) is 19.0. The van der Waals surface area contributed by atoms with Gasteiger partial charge in [-0.3, -0.25) is 4.98 Å². The number of aromatic nitrogens is 1. The number of carbonyl (C=O) groups excluding carboxylic acids is 1. The Kier molecular flexibility index (Phi) is 4.81. The summed E-state index contributed by atoms with van der Waals surface area (Å²) in [6.45, 7) is 11.4. The van der Waals surface area contributed by atoms with Gasteiger partial charge in [0.15, 0.2) is 0 Å². The van der Waals surface area contributed by atoms with Crippen molar-refractivity contribution >= 4 is 6.09 Å². The molecule has 0 spiro atoms. The summed E-state index contributed by atoms with van der Waals surface area (Å²) in [7, 11) is 0. The zero-order valence-corrected chi connectivity index (χ0v) is 15.3. The molecule has 0 aromatic carbocycles. The molecule has 0 radical (unpaired) electrons. The molecule has 0 aliphatic carbocycles. The van der Waals surface area contributed by atoms with Gasteiger partial charge in [0.25, 0.3) is 0 Å². The van der Waals surface area contributed by atoms with E-state index in [0.717, 1.165) is 39.0 Å². The Morgan fingerprint density at radius 2 is 2.00 bits per heavy atom. The standard InChI is InChI=1S/C19H29N3O2/c1-13-11-20-12-15-5-6-16(21-17(13)15)14-7-9-22(10-8-14)18(23)24-19(2,3)4/h5-6,13-14,20H,7-12H2,1-4H3. The molecular weight excluding hydrogens is 302 g/mol. The average molecular weight is 331 g/mol. The van der Waals surface area contributed by atoms with Crippen molar-refractivity contribution < 1.29 is 9.53 Å². The molecule has 3 rings (SSSR count). The van der Waals surface area contributed by atoms with Crippen LogP contribution in [0.2, 0.25) is 0 Å². The summed E-state index contributed by atoms with van der Waals surface area (Å²) in [5.74, 6) is 0.909. The fourth-order valence-electron chi connectivity index (χ4n) is 3.53. The first-order valence-electron chi connectivity index (χ1n) is 9.02. The monoisotopic (exact) mass is 331 g/mol. The number of nitrogens with one attached hydrogen (secondary N) is 1. The van der Waals surface area contributed by atoms with E-state index in [2.05, 4.69) is 24.4 Å². The second-order valence-corrected chi connectivity index (χ2v) is 8.05. The first-order valence-corrected chi connectivity index (χ1v) is 9.02. The molecule has 1 aromatic heterocycles. The number of nitrogens with zero attached hydrogens (tertiary/aromatic N) is 2. The van der Waals surface area contributed by atoms with Crippen molar-refractivity contribution in [2.45, 2.75) is 64.5 Å². The number of piperidine rings is 1. The van der Waals surface area contributed by atoms with Gasteiger partial charge < -0.3 is 15.0 Å². The van der Waals surface area contributed by atoms with Crippen LogP contribution in [0.15, 0.2) is 12.1 Å². The van der Waals surface area contributed by atoms with E-state index in [1.807, 2.05) is 25.7 Å². The minimum Gasteiger partial charge on any atom is -0.444 e. The summed E-state index contributed by atoms with van der Waals surface area (Å²) in [6, 6.07) is 4.40. The van der Waals surface area contributed by atoms with Gasteiger partial charge in [-0.05, 0) is 45.2 Å². The van der Waals surface area contributed by atoms with Crippen LogP contribution in [0, 0.1) is 0 Å². The number of hydrogen-bond donors (Lipinski definition) is 1. The SMILES string of the molecule is CC1CNCc2ccc(C3CCN(C(=O)OC(C)(C)C)CC3)nc21. The molecule has 0 saturated carbocycles. The van der Waals surface area contributed by atoms with Crippen LogP contribution >= 0.6 is 0 Å². The van der Waals surface area contributed by atoms with Crippen molar-refractivity contribution in [2.75, 3.05) is 19.6 Å². The Morgan fingerprint density at radius 3 is 2.67 bits per heavy atom. The zero-order chi connectivity index (χ0) is 17.3. The fraction of sp³-hybridized carbons (Fsp3) is 0.684. The van der Waals surface area contributed by atoms with Crippen LogP contribution in [-0.4, -0.2) is 41.2 Å². The van der Waals surface area contributed by atoms with Crippen molar-refractivity contribution in [3.63, 3.8) is 0 Å². The van der Waals surface area contributed by atoms with E-state index < -0.39 is 5.60 Å². The van der Waals surface area contributed by atoms with Crippen LogP contribution in [0.25, 0.3) is 0 Å². The highest BCUT2D eigenvalue weighted by atomic mass is 16.6. The third-order valence-corrected chi connectivity index (χ3v) is 4.83. The Hall–Kier alpha value is -1.62. The highest BCUT2D eigenvalue weighted by Gasteiger charge is 2.28. The normalized spacial score (nSPS) is 22.2. The molecule has 24 heavy (non-hydrogen) atoms. The number of likely N-dealkylation sites (tertiary alicyclic amines) is 1. The van der Waals surface area contributed by atoms with Gasteiger partial charge in [-0.2, -0.15) is 0 Å². The molecule has 5 heteroatoms. The number of ether oxygens (including phenoxy) is 1. The maximum Gasteiger partial charge on any atom is 0.410 e. The smallest absolute Gasteiger partial charge is 0.410 e. The van der Waals surface area contributed by atoms with Crippen LogP contribution in [0.1, 0.15) is 69.3 Å². The molecule has 0 bridgehead atoms. The molecular formula is C19H29N3O2. The van der Waals surface area contributed by atoms with E-state index in [-0.39, 0.29) is 6.09 Å². The number of carbonyl (C=O) groups is 1. The number of fused-ring (bicyclic) bond motifs is 1. The van der Waals surface area contributed by atoms with Crippen molar-refractivity contribution in [2.24, 2.45) is 0 Å². The van der Waals surface area contributed by atoms with E-state index in [1.165, 1.54) is 17.0 Å². The van der Waals surface area contributed by atoms with Gasteiger partial charge in [0.1, 0.15) is 5.60 Å². The van der Waals surface area contributed by atoms with Crippen LogP contribution in [-0.2, 0) is 11.3 Å². The van der Waals surface area contributed by atoms with Gasteiger partial charge >= 0.3 is 6.09 Å². The minimum atomic E-state index is -0.432. The second kappa shape index (κ2) is 6.71. The first kappa shape index (κ1) is 17.2. The molecule has 1 atom stereocenters. The largest absolute Gasteiger partial charge is 0.444 e. The van der Waals surface area contributed by atoms with Crippen molar-refractivity contribution in [3.8, 4) is 0 Å². The predicted octanol–water partition coefficient (Wildman–Crippen LogP) is 3.40. The Balaban J connectivity index is 1.63. The lowest BCUT2D eigenvalue weighted by Crippen LogP contribution is -2.41. The van der Waals surface area contributed by atoms with Crippen molar-refractivity contribution in [1.29, 1.82) is 0 Å². The topological polar surface area (TPSA) is 54.5 Å². The predicted molar refractivity (Wildman–Crippen MR) is 94.1 cm³/mol. The molecule has 3 heterocycles. The lowest BCUT2D eigenvalue weighted by Gasteiger charge is -2.33. The minimum absolute atomic E-state index is 0.195. The summed E-state index contributed by atoms with van der Waals surface area (Å²) >= 11 is 0. The van der Waals surface area contributed by atoms with Crippen LogP contribution in [0.4, 0.5) is 4.79 Å². The van der Waals surface area contributed by atoms with E-state index >= 15 is 0 Å². The molecule has 5 nitrogen and oxygen atoms in total. The van der Waals surface area contributed by atoms with Crippen molar-refractivity contribution in [1.82, 2.24) is 15.2 Å². The van der Waals surface area contributed by atoms with Crippen LogP contribution in [0.5, 0.6) is 0 Å². The fourth-order valence-corrected chi connectivity index (χ4v) is 3.53. The summed E-state index contributed by atoms with van der Waals surface area (Å²) in [6.07, 6.45) is 1.72.